The van der Waals surface area contributed by atoms with Gasteiger partial charge in [-0.05, 0) is 42.3 Å². The van der Waals surface area contributed by atoms with Gasteiger partial charge in [0.25, 0.3) is 5.91 Å². The van der Waals surface area contributed by atoms with Gasteiger partial charge in [-0.3, -0.25) is 9.52 Å². The zero-order valence-electron chi connectivity index (χ0n) is 15.1. The summed E-state index contributed by atoms with van der Waals surface area (Å²) in [6.45, 7) is 1.88. The monoisotopic (exact) mass is 390 g/mol. The Kier molecular flexibility index (Phi) is 4.93. The Balaban J connectivity index is 2.30. The van der Waals surface area contributed by atoms with E-state index in [1.54, 1.807) is 12.1 Å². The van der Waals surface area contributed by atoms with Gasteiger partial charge in [-0.2, -0.15) is 0 Å². The van der Waals surface area contributed by atoms with Crippen LogP contribution >= 0.6 is 0 Å². The number of anilines is 1. The molecule has 3 aromatic rings. The lowest BCUT2D eigenvalue weighted by molar-refractivity contribution is 0.0964. The van der Waals surface area contributed by atoms with Gasteiger partial charge >= 0.3 is 0 Å². The number of hydrogen-bond acceptors (Lipinski definition) is 4. The summed E-state index contributed by atoms with van der Waals surface area (Å²) < 4.78 is 44.9. The highest BCUT2D eigenvalue weighted by Gasteiger charge is 2.23. The number of carbonyl (C=O) groups is 1. The second-order valence-electron chi connectivity index (χ2n) is 6.13. The van der Waals surface area contributed by atoms with Crippen molar-refractivity contribution in [2.75, 3.05) is 18.0 Å². The van der Waals surface area contributed by atoms with Crippen molar-refractivity contribution in [3.63, 3.8) is 0 Å². The van der Waals surface area contributed by atoms with Gasteiger partial charge < -0.3 is 9.73 Å². The number of fused-ring (bicyclic) bond motifs is 1. The first-order valence-corrected chi connectivity index (χ1v) is 10.2. The molecule has 0 aliphatic heterocycles. The molecule has 1 amide bonds. The van der Waals surface area contributed by atoms with Gasteiger partial charge in [-0.1, -0.05) is 6.92 Å². The summed E-state index contributed by atoms with van der Waals surface area (Å²) in [4.78, 5) is 12.5. The molecule has 0 bridgehead atoms. The third-order valence-corrected chi connectivity index (χ3v) is 4.74. The first kappa shape index (κ1) is 18.9. The molecule has 0 fully saturated rings. The van der Waals surface area contributed by atoms with Crippen molar-refractivity contribution in [3.8, 4) is 11.3 Å². The molecule has 1 heterocycles. The highest BCUT2D eigenvalue weighted by atomic mass is 32.2. The number of furan rings is 1. The van der Waals surface area contributed by atoms with Crippen molar-refractivity contribution < 1.29 is 22.0 Å². The quantitative estimate of drug-likeness (QED) is 0.698. The summed E-state index contributed by atoms with van der Waals surface area (Å²) >= 11 is 0. The molecule has 6 nitrogen and oxygen atoms in total. The molecule has 8 heteroatoms. The zero-order valence-corrected chi connectivity index (χ0v) is 15.9. The number of carbonyl (C=O) groups excluding carboxylic acids is 1. The molecular formula is C19H19FN2O4S. The van der Waals surface area contributed by atoms with Crippen molar-refractivity contribution in [3.05, 3.63) is 53.3 Å². The van der Waals surface area contributed by atoms with Gasteiger partial charge in [0, 0.05) is 24.1 Å². The number of nitrogens with one attached hydrogen (secondary N) is 2. The maximum Gasteiger partial charge on any atom is 0.255 e. The van der Waals surface area contributed by atoms with Crippen molar-refractivity contribution >= 4 is 32.6 Å². The fourth-order valence-electron chi connectivity index (χ4n) is 2.93. The number of rotatable bonds is 5. The summed E-state index contributed by atoms with van der Waals surface area (Å²) in [6, 6.07) is 8.92. The van der Waals surface area contributed by atoms with E-state index >= 15 is 0 Å². The number of benzene rings is 2. The van der Waals surface area contributed by atoms with E-state index in [4.69, 9.17) is 4.42 Å². The molecular weight excluding hydrogens is 371 g/mol. The van der Waals surface area contributed by atoms with Crippen molar-refractivity contribution in [2.24, 2.45) is 0 Å². The molecule has 1 aromatic heterocycles. The van der Waals surface area contributed by atoms with E-state index in [0.717, 1.165) is 11.8 Å². The standard InChI is InChI=1S/C19H19FN2O4S/c1-4-11-9-14-16(10-15(11)22-27(3,24)25)26-18(17(14)19(23)21-2)12-5-7-13(20)8-6-12/h5-10,22H,4H2,1-3H3,(H,21,23). The van der Waals surface area contributed by atoms with Crippen LogP contribution in [0.5, 0.6) is 0 Å². The molecule has 27 heavy (non-hydrogen) atoms. The average Bonchev–Trinajstić information content (AvgIpc) is 2.97. The summed E-state index contributed by atoms with van der Waals surface area (Å²) in [7, 11) is -1.96. The lowest BCUT2D eigenvalue weighted by atomic mass is 10.0. The van der Waals surface area contributed by atoms with Crippen molar-refractivity contribution in [1.82, 2.24) is 5.32 Å². The fourth-order valence-corrected chi connectivity index (χ4v) is 3.52. The number of aryl methyl sites for hydroxylation is 1. The smallest absolute Gasteiger partial charge is 0.255 e. The third kappa shape index (κ3) is 3.80. The summed E-state index contributed by atoms with van der Waals surface area (Å²) in [5.74, 6) is -0.453. The van der Waals surface area contributed by atoms with E-state index in [1.165, 1.54) is 31.3 Å². The summed E-state index contributed by atoms with van der Waals surface area (Å²) in [5.41, 5.74) is 2.35. The van der Waals surface area contributed by atoms with Gasteiger partial charge in [-0.25, -0.2) is 12.8 Å². The Labute approximate surface area is 156 Å². The third-order valence-electron chi connectivity index (χ3n) is 4.15. The molecule has 0 aliphatic carbocycles. The van der Waals surface area contributed by atoms with Crippen LogP contribution in [-0.4, -0.2) is 27.6 Å². The molecule has 0 saturated carbocycles. The van der Waals surface area contributed by atoms with Gasteiger partial charge in [0.2, 0.25) is 10.0 Å². The Morgan fingerprint density at radius 3 is 2.41 bits per heavy atom. The van der Waals surface area contributed by atoms with Crippen LogP contribution in [0.3, 0.4) is 0 Å². The Morgan fingerprint density at radius 1 is 1.19 bits per heavy atom. The first-order chi connectivity index (χ1) is 12.7. The highest BCUT2D eigenvalue weighted by molar-refractivity contribution is 7.92. The van der Waals surface area contributed by atoms with Crippen LogP contribution in [0.1, 0.15) is 22.8 Å². The second kappa shape index (κ2) is 7.03. The van der Waals surface area contributed by atoms with Crippen LogP contribution in [0, 0.1) is 5.82 Å². The molecule has 0 aliphatic rings. The minimum absolute atomic E-state index is 0.294. The lowest BCUT2D eigenvalue weighted by Crippen LogP contribution is -2.18. The number of sulfonamides is 1. The van der Waals surface area contributed by atoms with E-state index < -0.39 is 15.8 Å². The van der Waals surface area contributed by atoms with E-state index in [9.17, 15) is 17.6 Å². The molecule has 2 N–H and O–H groups in total. The lowest BCUT2D eigenvalue weighted by Gasteiger charge is -2.09. The van der Waals surface area contributed by atoms with E-state index in [1.807, 2.05) is 6.92 Å². The van der Waals surface area contributed by atoms with Crippen LogP contribution in [0.15, 0.2) is 40.8 Å². The minimum atomic E-state index is -3.47. The molecule has 0 atom stereocenters. The molecule has 3 rings (SSSR count). The molecule has 0 spiro atoms. The predicted octanol–water partition coefficient (Wildman–Crippen LogP) is 3.53. The van der Waals surface area contributed by atoms with Crippen LogP contribution in [-0.2, 0) is 16.4 Å². The van der Waals surface area contributed by atoms with Crippen LogP contribution in [0.2, 0.25) is 0 Å². The maximum absolute atomic E-state index is 13.3. The number of amides is 1. The average molecular weight is 390 g/mol. The molecule has 0 unspecified atom stereocenters. The molecule has 0 radical (unpaired) electrons. The normalized spacial score (nSPS) is 11.6. The van der Waals surface area contributed by atoms with E-state index in [-0.39, 0.29) is 5.91 Å². The van der Waals surface area contributed by atoms with Crippen molar-refractivity contribution in [2.45, 2.75) is 13.3 Å². The van der Waals surface area contributed by atoms with Crippen LogP contribution in [0.25, 0.3) is 22.3 Å². The topological polar surface area (TPSA) is 88.4 Å². The number of hydrogen-bond donors (Lipinski definition) is 2. The second-order valence-corrected chi connectivity index (χ2v) is 7.87. The van der Waals surface area contributed by atoms with Gasteiger partial charge in [0.15, 0.2) is 0 Å². The Bertz CT molecular complexity index is 1120. The molecule has 0 saturated heterocycles. The predicted molar refractivity (Wildman–Crippen MR) is 103 cm³/mol. The minimum Gasteiger partial charge on any atom is -0.455 e. The van der Waals surface area contributed by atoms with Crippen molar-refractivity contribution in [1.29, 1.82) is 0 Å². The van der Waals surface area contributed by atoms with Gasteiger partial charge in [-0.15, -0.1) is 0 Å². The Morgan fingerprint density at radius 2 is 1.85 bits per heavy atom. The Hall–Kier alpha value is -2.87. The van der Waals surface area contributed by atoms with Gasteiger partial charge in [0.1, 0.15) is 17.2 Å². The van der Waals surface area contributed by atoms with Gasteiger partial charge in [0.05, 0.1) is 17.5 Å². The highest BCUT2D eigenvalue weighted by Crippen LogP contribution is 2.37. The number of halogens is 1. The zero-order chi connectivity index (χ0) is 19.8. The van der Waals surface area contributed by atoms with E-state index in [2.05, 4.69) is 10.0 Å². The van der Waals surface area contributed by atoms with Crippen LogP contribution < -0.4 is 10.0 Å². The van der Waals surface area contributed by atoms with E-state index in [0.29, 0.717) is 40.0 Å². The summed E-state index contributed by atoms with van der Waals surface area (Å²) in [6.07, 6.45) is 1.62. The largest absolute Gasteiger partial charge is 0.455 e. The molecule has 142 valence electrons. The SMILES string of the molecule is CCc1cc2c(C(=O)NC)c(-c3ccc(F)cc3)oc2cc1NS(C)(=O)=O. The van der Waals surface area contributed by atoms with Crippen LogP contribution in [0.4, 0.5) is 10.1 Å². The first-order valence-electron chi connectivity index (χ1n) is 8.28. The molecule has 2 aromatic carbocycles. The summed E-state index contributed by atoms with van der Waals surface area (Å²) in [5, 5.41) is 3.15. The maximum atomic E-state index is 13.3. The fraction of sp³-hybridized carbons (Fsp3) is 0.211.